The van der Waals surface area contributed by atoms with E-state index in [1.807, 2.05) is 10.9 Å². The molecule has 1 N–H and O–H groups in total. The molecular formula is C15H20ClN3. The molecule has 2 aromatic rings. The molecule has 0 atom stereocenters. The topological polar surface area (TPSA) is 29.9 Å². The summed E-state index contributed by atoms with van der Waals surface area (Å²) in [5.41, 5.74) is 2.54. The Balaban J connectivity index is 1.95. The van der Waals surface area contributed by atoms with Gasteiger partial charge < -0.3 is 5.32 Å². The normalized spacial score (nSPS) is 11.2. The van der Waals surface area contributed by atoms with E-state index in [1.54, 1.807) is 6.20 Å². The average molecular weight is 278 g/mol. The molecule has 0 radical (unpaired) electrons. The van der Waals surface area contributed by atoms with Crippen LogP contribution in [0.15, 0.2) is 36.7 Å². The standard InChI is InChI=1S/C15H20ClN3/c1-12(2)7-17-8-13-4-3-5-14(6-13)10-19-11-15(16)9-18-19/h3-6,9,11-12,17H,7-8,10H2,1-2H3. The molecule has 19 heavy (non-hydrogen) atoms. The van der Waals surface area contributed by atoms with Crippen molar-refractivity contribution in [3.63, 3.8) is 0 Å². The fraction of sp³-hybridized carbons (Fsp3) is 0.400. The van der Waals surface area contributed by atoms with Crippen molar-refractivity contribution in [2.75, 3.05) is 6.54 Å². The maximum atomic E-state index is 5.86. The molecular weight excluding hydrogens is 258 g/mol. The quantitative estimate of drug-likeness (QED) is 0.878. The highest BCUT2D eigenvalue weighted by Crippen LogP contribution is 2.10. The molecule has 0 spiro atoms. The zero-order valence-corrected chi connectivity index (χ0v) is 12.2. The first-order valence-electron chi connectivity index (χ1n) is 6.60. The summed E-state index contributed by atoms with van der Waals surface area (Å²) < 4.78 is 1.85. The second-order valence-corrected chi connectivity index (χ2v) is 5.64. The van der Waals surface area contributed by atoms with Gasteiger partial charge >= 0.3 is 0 Å². The lowest BCUT2D eigenvalue weighted by atomic mass is 10.1. The van der Waals surface area contributed by atoms with Gasteiger partial charge in [0.1, 0.15) is 0 Å². The molecule has 0 fully saturated rings. The Bertz CT molecular complexity index is 520. The molecule has 4 heteroatoms. The summed E-state index contributed by atoms with van der Waals surface area (Å²) in [6.07, 6.45) is 3.50. The molecule has 1 aromatic carbocycles. The molecule has 0 unspecified atom stereocenters. The van der Waals surface area contributed by atoms with Crippen LogP contribution in [0.4, 0.5) is 0 Å². The van der Waals surface area contributed by atoms with Gasteiger partial charge in [0.15, 0.2) is 0 Å². The molecule has 0 bridgehead atoms. The first kappa shape index (κ1) is 14.1. The fourth-order valence-electron chi connectivity index (χ4n) is 1.96. The zero-order chi connectivity index (χ0) is 13.7. The number of hydrogen-bond donors (Lipinski definition) is 1. The summed E-state index contributed by atoms with van der Waals surface area (Å²) in [5, 5.41) is 8.32. The van der Waals surface area contributed by atoms with E-state index in [0.717, 1.165) is 19.6 Å². The lowest BCUT2D eigenvalue weighted by molar-refractivity contribution is 0.552. The van der Waals surface area contributed by atoms with E-state index in [4.69, 9.17) is 11.6 Å². The highest BCUT2D eigenvalue weighted by Gasteiger charge is 2.00. The van der Waals surface area contributed by atoms with Crippen LogP contribution in [0.5, 0.6) is 0 Å². The lowest BCUT2D eigenvalue weighted by Crippen LogP contribution is -2.19. The third kappa shape index (κ3) is 4.69. The van der Waals surface area contributed by atoms with Gasteiger partial charge in [-0.15, -0.1) is 0 Å². The van der Waals surface area contributed by atoms with Gasteiger partial charge in [-0.05, 0) is 23.6 Å². The van der Waals surface area contributed by atoms with Crippen LogP contribution in [0.1, 0.15) is 25.0 Å². The number of benzene rings is 1. The van der Waals surface area contributed by atoms with Gasteiger partial charge in [-0.1, -0.05) is 49.7 Å². The molecule has 0 saturated carbocycles. The number of rotatable bonds is 6. The number of aromatic nitrogens is 2. The van der Waals surface area contributed by atoms with Crippen molar-refractivity contribution in [2.45, 2.75) is 26.9 Å². The van der Waals surface area contributed by atoms with Crippen molar-refractivity contribution >= 4 is 11.6 Å². The Hall–Kier alpha value is -1.32. The minimum Gasteiger partial charge on any atom is -0.312 e. The van der Waals surface area contributed by atoms with Gasteiger partial charge in [0.25, 0.3) is 0 Å². The van der Waals surface area contributed by atoms with Crippen LogP contribution in [0.2, 0.25) is 5.02 Å². The van der Waals surface area contributed by atoms with E-state index in [9.17, 15) is 0 Å². The van der Waals surface area contributed by atoms with E-state index < -0.39 is 0 Å². The number of nitrogens with one attached hydrogen (secondary N) is 1. The second-order valence-electron chi connectivity index (χ2n) is 5.20. The van der Waals surface area contributed by atoms with Gasteiger partial charge in [0.2, 0.25) is 0 Å². The lowest BCUT2D eigenvalue weighted by Gasteiger charge is -2.09. The molecule has 102 valence electrons. The third-order valence-electron chi connectivity index (χ3n) is 2.82. The van der Waals surface area contributed by atoms with Crippen molar-refractivity contribution in [1.82, 2.24) is 15.1 Å². The van der Waals surface area contributed by atoms with Crippen molar-refractivity contribution in [3.05, 3.63) is 52.8 Å². The van der Waals surface area contributed by atoms with Crippen LogP contribution in [0.3, 0.4) is 0 Å². The molecule has 1 heterocycles. The highest BCUT2D eigenvalue weighted by atomic mass is 35.5. The molecule has 0 aliphatic rings. The SMILES string of the molecule is CC(C)CNCc1cccc(Cn2cc(Cl)cn2)c1. The Morgan fingerprint density at radius 1 is 1.32 bits per heavy atom. The molecule has 1 aromatic heterocycles. The van der Waals surface area contributed by atoms with Crippen LogP contribution >= 0.6 is 11.6 Å². The molecule has 0 aliphatic carbocycles. The maximum Gasteiger partial charge on any atom is 0.0785 e. The highest BCUT2D eigenvalue weighted by molar-refractivity contribution is 6.30. The summed E-state index contributed by atoms with van der Waals surface area (Å²) in [4.78, 5) is 0. The minimum absolute atomic E-state index is 0.675. The van der Waals surface area contributed by atoms with Crippen LogP contribution in [-0.4, -0.2) is 16.3 Å². The average Bonchev–Trinajstić information content (AvgIpc) is 2.75. The zero-order valence-electron chi connectivity index (χ0n) is 11.4. The minimum atomic E-state index is 0.675. The van der Waals surface area contributed by atoms with Crippen molar-refractivity contribution in [1.29, 1.82) is 0 Å². The molecule has 2 rings (SSSR count). The van der Waals surface area contributed by atoms with E-state index in [2.05, 4.69) is 48.5 Å². The summed E-state index contributed by atoms with van der Waals surface area (Å²) in [7, 11) is 0. The van der Waals surface area contributed by atoms with Crippen LogP contribution < -0.4 is 5.32 Å². The number of halogens is 1. The van der Waals surface area contributed by atoms with E-state index in [0.29, 0.717) is 10.9 Å². The van der Waals surface area contributed by atoms with Gasteiger partial charge in [0.05, 0.1) is 17.8 Å². The Morgan fingerprint density at radius 3 is 2.79 bits per heavy atom. The Kier molecular flexibility index (Phi) is 5.00. The third-order valence-corrected chi connectivity index (χ3v) is 3.01. The summed E-state index contributed by atoms with van der Waals surface area (Å²) in [6, 6.07) is 8.56. The van der Waals surface area contributed by atoms with Crippen molar-refractivity contribution in [2.24, 2.45) is 5.92 Å². The van der Waals surface area contributed by atoms with Gasteiger partial charge in [0, 0.05) is 12.7 Å². The molecule has 0 aliphatic heterocycles. The van der Waals surface area contributed by atoms with Gasteiger partial charge in [-0.3, -0.25) is 4.68 Å². The fourth-order valence-corrected chi connectivity index (χ4v) is 2.11. The Labute approximate surface area is 119 Å². The summed E-state index contributed by atoms with van der Waals surface area (Å²) in [5.74, 6) is 0.675. The number of hydrogen-bond acceptors (Lipinski definition) is 2. The predicted molar refractivity (Wildman–Crippen MR) is 79.3 cm³/mol. The maximum absolute atomic E-state index is 5.86. The largest absolute Gasteiger partial charge is 0.312 e. The van der Waals surface area contributed by atoms with Crippen molar-refractivity contribution < 1.29 is 0 Å². The predicted octanol–water partition coefficient (Wildman–Crippen LogP) is 3.33. The first-order chi connectivity index (χ1) is 9.13. The second kappa shape index (κ2) is 6.73. The van der Waals surface area contributed by atoms with Crippen LogP contribution in [0.25, 0.3) is 0 Å². The molecule has 0 amide bonds. The van der Waals surface area contributed by atoms with Gasteiger partial charge in [-0.25, -0.2) is 0 Å². The van der Waals surface area contributed by atoms with E-state index in [-0.39, 0.29) is 0 Å². The van der Waals surface area contributed by atoms with Crippen LogP contribution in [0, 0.1) is 5.92 Å². The smallest absolute Gasteiger partial charge is 0.0785 e. The Morgan fingerprint density at radius 2 is 2.11 bits per heavy atom. The van der Waals surface area contributed by atoms with Gasteiger partial charge in [-0.2, -0.15) is 5.10 Å². The molecule has 0 saturated heterocycles. The van der Waals surface area contributed by atoms with E-state index >= 15 is 0 Å². The monoisotopic (exact) mass is 277 g/mol. The summed E-state index contributed by atoms with van der Waals surface area (Å²) >= 11 is 5.86. The summed E-state index contributed by atoms with van der Waals surface area (Å²) in [6.45, 7) is 7.13. The van der Waals surface area contributed by atoms with Crippen molar-refractivity contribution in [3.8, 4) is 0 Å². The number of nitrogens with zero attached hydrogens (tertiary/aromatic N) is 2. The molecule has 3 nitrogen and oxygen atoms in total. The first-order valence-corrected chi connectivity index (χ1v) is 6.98. The van der Waals surface area contributed by atoms with E-state index in [1.165, 1.54) is 11.1 Å². The van der Waals surface area contributed by atoms with Crippen LogP contribution in [-0.2, 0) is 13.1 Å².